The zero-order valence-corrected chi connectivity index (χ0v) is 17.2. The molecular formula is C19H25N3O2S2. The van der Waals surface area contributed by atoms with Crippen LogP contribution in [0.1, 0.15) is 50.9 Å². The van der Waals surface area contributed by atoms with Gasteiger partial charge in [0.1, 0.15) is 0 Å². The Balaban J connectivity index is 1.80. The predicted octanol–water partition coefficient (Wildman–Crippen LogP) is 4.91. The summed E-state index contributed by atoms with van der Waals surface area (Å²) in [6.07, 6.45) is 1.45. The lowest BCUT2D eigenvalue weighted by molar-refractivity contribution is -0.117. The molecule has 0 radical (unpaired) electrons. The number of carbonyl (C=O) groups excluding carboxylic acids is 2. The molecule has 0 fully saturated rings. The van der Waals surface area contributed by atoms with E-state index in [-0.39, 0.29) is 17.1 Å². The lowest BCUT2D eigenvalue weighted by atomic mass is 9.84. The first-order chi connectivity index (χ1) is 12.2. The Hall–Kier alpha value is -1.73. The van der Waals surface area contributed by atoms with Crippen molar-refractivity contribution in [3.8, 4) is 0 Å². The summed E-state index contributed by atoms with van der Waals surface area (Å²) in [4.78, 5) is 24.2. The number of thioether (sulfide) groups is 1. The van der Waals surface area contributed by atoms with Gasteiger partial charge in [-0.05, 0) is 17.8 Å². The Morgan fingerprint density at radius 1 is 1.19 bits per heavy atom. The van der Waals surface area contributed by atoms with Crippen LogP contribution < -0.4 is 5.32 Å². The van der Waals surface area contributed by atoms with Crippen LogP contribution in [0, 0.1) is 11.3 Å². The molecule has 0 aliphatic carbocycles. The standard InChI is InChI=1S/C19H25N3O2S2/c1-13(11-19(2,3)4)10-16(24)20-17-21-22-18(26-17)25-12-15(23)14-8-6-5-7-9-14/h5-9,13H,10-12H2,1-4H3,(H,20,21,24)/t13-/m0/s1. The Morgan fingerprint density at radius 3 is 2.54 bits per heavy atom. The average molecular weight is 392 g/mol. The average Bonchev–Trinajstić information content (AvgIpc) is 2.98. The number of hydrogen-bond donors (Lipinski definition) is 1. The Bertz CT molecular complexity index is 739. The van der Waals surface area contributed by atoms with E-state index in [1.54, 1.807) is 12.1 Å². The van der Waals surface area contributed by atoms with E-state index in [0.29, 0.717) is 33.1 Å². The van der Waals surface area contributed by atoms with Crippen molar-refractivity contribution >= 4 is 39.9 Å². The molecule has 1 aromatic carbocycles. The third-order valence-electron chi connectivity index (χ3n) is 3.57. The number of nitrogens with zero attached hydrogens (tertiary/aromatic N) is 2. The number of ketones is 1. The van der Waals surface area contributed by atoms with E-state index in [1.807, 2.05) is 18.2 Å². The fourth-order valence-electron chi connectivity index (χ4n) is 2.76. The number of rotatable bonds is 8. The number of carbonyl (C=O) groups is 2. The normalized spacial score (nSPS) is 12.6. The molecule has 1 amide bonds. The summed E-state index contributed by atoms with van der Waals surface area (Å²) >= 11 is 2.63. The zero-order valence-electron chi connectivity index (χ0n) is 15.6. The molecule has 7 heteroatoms. The summed E-state index contributed by atoms with van der Waals surface area (Å²) < 4.78 is 0.673. The van der Waals surface area contributed by atoms with Crippen LogP contribution in [0.25, 0.3) is 0 Å². The van der Waals surface area contributed by atoms with Gasteiger partial charge in [0.2, 0.25) is 11.0 Å². The minimum absolute atomic E-state index is 0.0465. The number of hydrogen-bond acceptors (Lipinski definition) is 6. The first-order valence-corrected chi connectivity index (χ1v) is 10.4. The summed E-state index contributed by atoms with van der Waals surface area (Å²) in [7, 11) is 0. The van der Waals surface area contributed by atoms with Crippen LogP contribution in [0.15, 0.2) is 34.7 Å². The summed E-state index contributed by atoms with van der Waals surface area (Å²) in [5.74, 6) is 0.609. The molecule has 5 nitrogen and oxygen atoms in total. The van der Waals surface area contributed by atoms with Crippen molar-refractivity contribution in [1.29, 1.82) is 0 Å². The van der Waals surface area contributed by atoms with E-state index in [2.05, 4.69) is 43.2 Å². The Kier molecular flexibility index (Phi) is 7.34. The summed E-state index contributed by atoms with van der Waals surface area (Å²) in [6, 6.07) is 9.17. The monoisotopic (exact) mass is 391 g/mol. The molecule has 0 aliphatic rings. The van der Waals surface area contributed by atoms with Crippen molar-refractivity contribution in [3.05, 3.63) is 35.9 Å². The van der Waals surface area contributed by atoms with Gasteiger partial charge in [0.25, 0.3) is 0 Å². The van der Waals surface area contributed by atoms with Gasteiger partial charge in [0.15, 0.2) is 10.1 Å². The van der Waals surface area contributed by atoms with Crippen LogP contribution in [0.4, 0.5) is 5.13 Å². The van der Waals surface area contributed by atoms with Crippen molar-refractivity contribution in [2.45, 2.75) is 44.9 Å². The molecular weight excluding hydrogens is 366 g/mol. The molecule has 0 aliphatic heterocycles. The smallest absolute Gasteiger partial charge is 0.226 e. The van der Waals surface area contributed by atoms with Gasteiger partial charge >= 0.3 is 0 Å². The summed E-state index contributed by atoms with van der Waals surface area (Å²) in [6.45, 7) is 8.60. The van der Waals surface area contributed by atoms with Crippen LogP contribution in [0.2, 0.25) is 0 Å². The summed E-state index contributed by atoms with van der Waals surface area (Å²) in [5.41, 5.74) is 0.892. The maximum Gasteiger partial charge on any atom is 0.226 e. The van der Waals surface area contributed by atoms with E-state index in [4.69, 9.17) is 0 Å². The number of Topliss-reactive ketones (excluding diaryl/α,β-unsaturated/α-hetero) is 1. The third kappa shape index (κ3) is 7.25. The molecule has 0 saturated heterocycles. The minimum atomic E-state index is -0.0465. The highest BCUT2D eigenvalue weighted by atomic mass is 32.2. The second kappa shape index (κ2) is 9.28. The van der Waals surface area contributed by atoms with E-state index < -0.39 is 0 Å². The van der Waals surface area contributed by atoms with Crippen LogP contribution >= 0.6 is 23.1 Å². The van der Waals surface area contributed by atoms with Crippen molar-refractivity contribution in [2.24, 2.45) is 11.3 Å². The minimum Gasteiger partial charge on any atom is -0.300 e. The van der Waals surface area contributed by atoms with Crippen molar-refractivity contribution in [3.63, 3.8) is 0 Å². The highest BCUT2D eigenvalue weighted by molar-refractivity contribution is 8.01. The van der Waals surface area contributed by atoms with Crippen molar-refractivity contribution < 1.29 is 9.59 Å². The van der Waals surface area contributed by atoms with Crippen LogP contribution in [-0.2, 0) is 4.79 Å². The first kappa shape index (κ1) is 20.6. The molecule has 26 heavy (non-hydrogen) atoms. The highest BCUT2D eigenvalue weighted by Crippen LogP contribution is 2.28. The Morgan fingerprint density at radius 2 is 1.88 bits per heavy atom. The molecule has 2 rings (SSSR count). The lowest BCUT2D eigenvalue weighted by Crippen LogP contribution is -2.18. The fourth-order valence-corrected chi connectivity index (χ4v) is 4.42. The van der Waals surface area contributed by atoms with E-state index >= 15 is 0 Å². The molecule has 1 aromatic heterocycles. The van der Waals surface area contributed by atoms with E-state index in [9.17, 15) is 9.59 Å². The van der Waals surface area contributed by atoms with E-state index in [1.165, 1.54) is 23.1 Å². The fraction of sp³-hybridized carbons (Fsp3) is 0.474. The largest absolute Gasteiger partial charge is 0.300 e. The quantitative estimate of drug-likeness (QED) is 0.393. The predicted molar refractivity (Wildman–Crippen MR) is 108 cm³/mol. The number of aromatic nitrogens is 2. The number of amides is 1. The highest BCUT2D eigenvalue weighted by Gasteiger charge is 2.18. The Labute approximate surface area is 163 Å². The van der Waals surface area contributed by atoms with Gasteiger partial charge in [0, 0.05) is 12.0 Å². The van der Waals surface area contributed by atoms with Crippen LogP contribution in [0.5, 0.6) is 0 Å². The zero-order chi connectivity index (χ0) is 19.2. The lowest BCUT2D eigenvalue weighted by Gasteiger charge is -2.22. The molecule has 0 bridgehead atoms. The van der Waals surface area contributed by atoms with Crippen molar-refractivity contribution in [2.75, 3.05) is 11.1 Å². The summed E-state index contributed by atoms with van der Waals surface area (Å²) in [5, 5.41) is 11.3. The molecule has 0 spiro atoms. The molecule has 0 saturated carbocycles. The molecule has 2 aromatic rings. The van der Waals surface area contributed by atoms with Gasteiger partial charge in [-0.2, -0.15) is 0 Å². The molecule has 1 N–H and O–H groups in total. The maximum atomic E-state index is 12.1. The number of anilines is 1. The molecule has 0 unspecified atom stereocenters. The molecule has 1 heterocycles. The van der Waals surface area contributed by atoms with Gasteiger partial charge in [-0.25, -0.2) is 0 Å². The van der Waals surface area contributed by atoms with Gasteiger partial charge in [0.05, 0.1) is 5.75 Å². The SMILES string of the molecule is C[C@@H](CC(=O)Nc1nnc(SCC(=O)c2ccccc2)s1)CC(C)(C)C. The van der Waals surface area contributed by atoms with Crippen LogP contribution in [0.3, 0.4) is 0 Å². The second-order valence-electron chi connectivity index (χ2n) is 7.57. The topological polar surface area (TPSA) is 72.0 Å². The van der Waals surface area contributed by atoms with Crippen LogP contribution in [-0.4, -0.2) is 27.6 Å². The second-order valence-corrected chi connectivity index (χ2v) is 9.77. The number of benzene rings is 1. The first-order valence-electron chi connectivity index (χ1n) is 8.57. The van der Waals surface area contributed by atoms with Gasteiger partial charge in [-0.1, -0.05) is 81.1 Å². The molecule has 140 valence electrons. The van der Waals surface area contributed by atoms with Gasteiger partial charge in [-0.15, -0.1) is 10.2 Å². The third-order valence-corrected chi connectivity index (χ3v) is 5.54. The van der Waals surface area contributed by atoms with Gasteiger partial charge < -0.3 is 5.32 Å². The maximum absolute atomic E-state index is 12.1. The number of nitrogens with one attached hydrogen (secondary N) is 1. The van der Waals surface area contributed by atoms with E-state index in [0.717, 1.165) is 6.42 Å². The van der Waals surface area contributed by atoms with Gasteiger partial charge in [-0.3, -0.25) is 9.59 Å². The molecule has 1 atom stereocenters. The van der Waals surface area contributed by atoms with Crippen molar-refractivity contribution in [1.82, 2.24) is 10.2 Å².